The van der Waals surface area contributed by atoms with Gasteiger partial charge in [-0.1, -0.05) is 127 Å². The summed E-state index contributed by atoms with van der Waals surface area (Å²) in [6.07, 6.45) is 0. The van der Waals surface area contributed by atoms with E-state index >= 15 is 4.39 Å². The van der Waals surface area contributed by atoms with Crippen LogP contribution in [-0.2, 0) is 5.41 Å². The highest BCUT2D eigenvalue weighted by molar-refractivity contribution is 6.11. The minimum atomic E-state index is -0.569. The molecule has 0 saturated heterocycles. The van der Waals surface area contributed by atoms with Gasteiger partial charge in [-0.25, -0.2) is 4.39 Å². The van der Waals surface area contributed by atoms with E-state index in [1.165, 1.54) is 44.2 Å². The van der Waals surface area contributed by atoms with Gasteiger partial charge in [-0.15, -0.1) is 0 Å². The Labute approximate surface area is 325 Å². The van der Waals surface area contributed by atoms with Crippen molar-refractivity contribution in [2.24, 2.45) is 0 Å². The van der Waals surface area contributed by atoms with Crippen LogP contribution in [0.2, 0.25) is 0 Å². The zero-order valence-electron chi connectivity index (χ0n) is 30.5. The summed E-state index contributed by atoms with van der Waals surface area (Å²) in [5, 5.41) is 4.32. The molecule has 1 aliphatic carbocycles. The van der Waals surface area contributed by atoms with E-state index < -0.39 is 5.41 Å². The highest BCUT2D eigenvalue weighted by Gasteiger charge is 2.46. The lowest BCUT2D eigenvalue weighted by molar-refractivity contribution is 0.629. The standard InChI is InChI=1S/C53H35FN2/c54-40-25-29-51-47(33-40)48-34-43(27-30-52(48)56(51)42-23-11-4-12-24-42)55(41-21-9-3-10-22-41)44-26-28-45-46-31-36-15-13-14-16-37(36)32-49(46)53(50(45)35-44,38-17-5-1-6-18-38)39-19-7-2-8-20-39/h1-35H. The maximum Gasteiger partial charge on any atom is 0.123 e. The van der Waals surface area contributed by atoms with Crippen LogP contribution in [0.1, 0.15) is 22.3 Å². The van der Waals surface area contributed by atoms with Crippen molar-refractivity contribution in [3.63, 3.8) is 0 Å². The number of hydrogen-bond acceptors (Lipinski definition) is 1. The van der Waals surface area contributed by atoms with Crippen LogP contribution in [0.3, 0.4) is 0 Å². The van der Waals surface area contributed by atoms with Crippen molar-refractivity contribution in [1.82, 2.24) is 4.57 Å². The predicted molar refractivity (Wildman–Crippen MR) is 230 cm³/mol. The van der Waals surface area contributed by atoms with Crippen molar-refractivity contribution in [2.75, 3.05) is 4.90 Å². The molecule has 11 rings (SSSR count). The third-order valence-electron chi connectivity index (χ3n) is 11.7. The molecule has 0 saturated carbocycles. The molecule has 56 heavy (non-hydrogen) atoms. The number of nitrogens with zero attached hydrogens (tertiary/aromatic N) is 2. The Kier molecular flexibility index (Phi) is 7.30. The zero-order valence-corrected chi connectivity index (χ0v) is 30.5. The van der Waals surface area contributed by atoms with E-state index in [2.05, 4.69) is 185 Å². The molecule has 0 spiro atoms. The van der Waals surface area contributed by atoms with Gasteiger partial charge in [0.25, 0.3) is 0 Å². The summed E-state index contributed by atoms with van der Waals surface area (Å²) in [5.41, 5.74) is 13.0. The van der Waals surface area contributed by atoms with Gasteiger partial charge in [0, 0.05) is 33.5 Å². The third kappa shape index (κ3) is 4.81. The average Bonchev–Trinajstić information content (AvgIpc) is 3.73. The summed E-state index contributed by atoms with van der Waals surface area (Å²) in [6.45, 7) is 0. The number of anilines is 3. The van der Waals surface area contributed by atoms with Crippen LogP contribution in [0.5, 0.6) is 0 Å². The number of fused-ring (bicyclic) bond motifs is 7. The molecule has 3 heteroatoms. The topological polar surface area (TPSA) is 8.17 Å². The van der Waals surface area contributed by atoms with Crippen LogP contribution >= 0.6 is 0 Å². The molecule has 1 aromatic heterocycles. The molecule has 0 atom stereocenters. The summed E-state index contributed by atoms with van der Waals surface area (Å²) in [7, 11) is 0. The third-order valence-corrected chi connectivity index (χ3v) is 11.7. The van der Waals surface area contributed by atoms with E-state index in [9.17, 15) is 0 Å². The molecule has 0 fully saturated rings. The molecule has 0 amide bonds. The normalized spacial score (nSPS) is 12.9. The summed E-state index contributed by atoms with van der Waals surface area (Å²) in [5.74, 6) is -0.251. The second-order valence-corrected chi connectivity index (χ2v) is 14.7. The average molecular weight is 719 g/mol. The van der Waals surface area contributed by atoms with Crippen LogP contribution in [0.15, 0.2) is 212 Å². The van der Waals surface area contributed by atoms with Gasteiger partial charge in [0.05, 0.1) is 16.4 Å². The summed E-state index contributed by atoms with van der Waals surface area (Å²) in [6, 6.07) is 74.9. The van der Waals surface area contributed by atoms with E-state index in [4.69, 9.17) is 0 Å². The molecule has 9 aromatic carbocycles. The molecule has 264 valence electrons. The van der Waals surface area contributed by atoms with E-state index in [-0.39, 0.29) is 5.82 Å². The highest BCUT2D eigenvalue weighted by atomic mass is 19.1. The molecule has 0 bridgehead atoms. The van der Waals surface area contributed by atoms with Crippen LogP contribution < -0.4 is 4.90 Å². The lowest BCUT2D eigenvalue weighted by Crippen LogP contribution is -2.28. The molecule has 1 heterocycles. The molecular weight excluding hydrogens is 684 g/mol. The fourth-order valence-corrected chi connectivity index (χ4v) is 9.30. The van der Waals surface area contributed by atoms with Gasteiger partial charge in [-0.3, -0.25) is 0 Å². The zero-order chi connectivity index (χ0) is 37.2. The van der Waals surface area contributed by atoms with Gasteiger partial charge < -0.3 is 9.47 Å². The Morgan fingerprint density at radius 3 is 1.59 bits per heavy atom. The van der Waals surface area contributed by atoms with Crippen molar-refractivity contribution in [3.05, 3.63) is 240 Å². The first-order chi connectivity index (χ1) is 27.7. The minimum absolute atomic E-state index is 0.251. The SMILES string of the molecule is Fc1ccc2c(c1)c1cc(N(c3ccccc3)c3ccc4c(c3)C(c3ccccc3)(c3ccccc3)c3cc5ccccc5cc3-4)ccc1n2-c1ccccc1. The fraction of sp³-hybridized carbons (Fsp3) is 0.0189. The first-order valence-electron chi connectivity index (χ1n) is 19.1. The van der Waals surface area contributed by atoms with Gasteiger partial charge in [0.2, 0.25) is 0 Å². The van der Waals surface area contributed by atoms with Gasteiger partial charge in [-0.2, -0.15) is 0 Å². The number of para-hydroxylation sites is 2. The molecule has 0 aliphatic heterocycles. The Balaban J connectivity index is 1.19. The molecule has 10 aromatic rings. The van der Waals surface area contributed by atoms with Crippen molar-refractivity contribution in [1.29, 1.82) is 0 Å². The molecule has 0 unspecified atom stereocenters. The predicted octanol–water partition coefficient (Wildman–Crippen LogP) is 13.9. The van der Waals surface area contributed by atoms with Crippen LogP contribution in [0, 0.1) is 5.82 Å². The van der Waals surface area contributed by atoms with Crippen molar-refractivity contribution in [3.8, 4) is 16.8 Å². The van der Waals surface area contributed by atoms with E-state index in [0.717, 1.165) is 44.6 Å². The molecule has 1 aliphatic rings. The maximum absolute atomic E-state index is 15.0. The lowest BCUT2D eigenvalue weighted by atomic mass is 9.67. The number of hydrogen-bond donors (Lipinski definition) is 0. The molecule has 2 nitrogen and oxygen atoms in total. The number of benzene rings is 9. The largest absolute Gasteiger partial charge is 0.310 e. The van der Waals surface area contributed by atoms with Crippen LogP contribution in [-0.4, -0.2) is 4.57 Å². The molecule has 0 N–H and O–H groups in total. The monoisotopic (exact) mass is 718 g/mol. The molecule has 0 radical (unpaired) electrons. The van der Waals surface area contributed by atoms with Crippen molar-refractivity contribution >= 4 is 49.6 Å². The van der Waals surface area contributed by atoms with Crippen LogP contribution in [0.4, 0.5) is 21.5 Å². The lowest BCUT2D eigenvalue weighted by Gasteiger charge is -2.35. The number of halogens is 1. The first-order valence-corrected chi connectivity index (χ1v) is 19.1. The van der Waals surface area contributed by atoms with Crippen molar-refractivity contribution in [2.45, 2.75) is 5.41 Å². The Hall–Kier alpha value is -7.23. The summed E-state index contributed by atoms with van der Waals surface area (Å²) < 4.78 is 17.3. The first kappa shape index (κ1) is 32.2. The smallest absolute Gasteiger partial charge is 0.123 e. The van der Waals surface area contributed by atoms with E-state index in [1.54, 1.807) is 12.1 Å². The Morgan fingerprint density at radius 1 is 0.393 bits per heavy atom. The van der Waals surface area contributed by atoms with Gasteiger partial charge in [0.15, 0.2) is 0 Å². The number of aromatic nitrogens is 1. The number of rotatable bonds is 6. The second-order valence-electron chi connectivity index (χ2n) is 14.7. The van der Waals surface area contributed by atoms with Gasteiger partial charge >= 0.3 is 0 Å². The second kappa shape index (κ2) is 12.7. The quantitative estimate of drug-likeness (QED) is 0.166. The Bertz CT molecular complexity index is 3040. The van der Waals surface area contributed by atoms with E-state index in [0.29, 0.717) is 0 Å². The van der Waals surface area contributed by atoms with Crippen LogP contribution in [0.25, 0.3) is 49.4 Å². The molecular formula is C53H35FN2. The van der Waals surface area contributed by atoms with Gasteiger partial charge in [0.1, 0.15) is 5.82 Å². The highest BCUT2D eigenvalue weighted by Crippen LogP contribution is 2.58. The minimum Gasteiger partial charge on any atom is -0.310 e. The Morgan fingerprint density at radius 2 is 0.911 bits per heavy atom. The maximum atomic E-state index is 15.0. The fourth-order valence-electron chi connectivity index (χ4n) is 9.30. The van der Waals surface area contributed by atoms with Crippen molar-refractivity contribution < 1.29 is 4.39 Å². The summed E-state index contributed by atoms with van der Waals surface area (Å²) in [4.78, 5) is 2.34. The van der Waals surface area contributed by atoms with E-state index in [1.807, 2.05) is 24.3 Å². The summed E-state index contributed by atoms with van der Waals surface area (Å²) >= 11 is 0. The van der Waals surface area contributed by atoms with Gasteiger partial charge in [-0.05, 0) is 129 Å².